The first-order valence-electron chi connectivity index (χ1n) is 9.07. The molecule has 1 aromatic rings. The highest BCUT2D eigenvalue weighted by Gasteiger charge is 2.20. The van der Waals surface area contributed by atoms with Crippen LogP contribution < -0.4 is 9.47 Å². The van der Waals surface area contributed by atoms with E-state index in [0.717, 1.165) is 18.5 Å². The zero-order valence-electron chi connectivity index (χ0n) is 16.2. The molecule has 0 N–H and O–H groups in total. The van der Waals surface area contributed by atoms with Crippen molar-refractivity contribution in [1.82, 2.24) is 4.90 Å². The van der Waals surface area contributed by atoms with Crippen LogP contribution >= 0.6 is 0 Å². The van der Waals surface area contributed by atoms with Gasteiger partial charge in [-0.25, -0.2) is 0 Å². The molecule has 0 aromatic heterocycles. The minimum atomic E-state index is -0.313. The smallest absolute Gasteiger partial charge is 0.200 e. The highest BCUT2D eigenvalue weighted by atomic mass is 16.7. The summed E-state index contributed by atoms with van der Waals surface area (Å²) in [6.45, 7) is 8.64. The lowest BCUT2D eigenvalue weighted by Crippen LogP contribution is -2.28. The molecule has 0 saturated carbocycles. The number of methoxy groups -OCH3 is 1. The summed E-state index contributed by atoms with van der Waals surface area (Å²) in [7, 11) is 1.56. The van der Waals surface area contributed by atoms with E-state index in [2.05, 4.69) is 6.58 Å². The molecular weight excluding hydrogens is 346 g/mol. The SMILES string of the molecule is C=CC(=O)/C=C(/C)N(CC)CC(=O)c1ccc(OC)c(OC2CCCO2)c1. The molecule has 1 aliphatic heterocycles. The van der Waals surface area contributed by atoms with Crippen LogP contribution in [0.15, 0.2) is 42.6 Å². The van der Waals surface area contributed by atoms with E-state index in [1.54, 1.807) is 32.2 Å². The summed E-state index contributed by atoms with van der Waals surface area (Å²) in [4.78, 5) is 26.1. The minimum absolute atomic E-state index is 0.0736. The van der Waals surface area contributed by atoms with E-state index >= 15 is 0 Å². The first-order valence-corrected chi connectivity index (χ1v) is 9.07. The molecule has 146 valence electrons. The topological polar surface area (TPSA) is 65.1 Å². The number of likely N-dealkylation sites (N-methyl/N-ethyl adjacent to an activating group) is 1. The highest BCUT2D eigenvalue weighted by molar-refractivity contribution is 6.00. The first kappa shape index (κ1) is 20.7. The summed E-state index contributed by atoms with van der Waals surface area (Å²) in [5, 5.41) is 0. The molecule has 0 amide bonds. The van der Waals surface area contributed by atoms with E-state index in [1.165, 1.54) is 12.2 Å². The summed E-state index contributed by atoms with van der Waals surface area (Å²) in [6, 6.07) is 5.12. The predicted octanol–water partition coefficient (Wildman–Crippen LogP) is 3.37. The summed E-state index contributed by atoms with van der Waals surface area (Å²) < 4.78 is 16.7. The largest absolute Gasteiger partial charge is 0.493 e. The third kappa shape index (κ3) is 5.69. The van der Waals surface area contributed by atoms with Gasteiger partial charge in [-0.15, -0.1) is 0 Å². The molecule has 0 bridgehead atoms. The fourth-order valence-corrected chi connectivity index (χ4v) is 2.83. The van der Waals surface area contributed by atoms with Gasteiger partial charge in [-0.05, 0) is 44.5 Å². The van der Waals surface area contributed by atoms with Crippen LogP contribution in [-0.2, 0) is 9.53 Å². The van der Waals surface area contributed by atoms with Crippen molar-refractivity contribution in [3.63, 3.8) is 0 Å². The van der Waals surface area contributed by atoms with Gasteiger partial charge in [0.05, 0.1) is 20.3 Å². The summed E-state index contributed by atoms with van der Waals surface area (Å²) in [5.41, 5.74) is 1.24. The summed E-state index contributed by atoms with van der Waals surface area (Å²) in [6.07, 6.45) is 4.17. The standard InChI is InChI=1S/C21H27NO5/c1-5-17(23)12-15(3)22(6-2)14-18(24)16-9-10-19(25-4)20(13-16)27-21-8-7-11-26-21/h5,9-10,12-13,21H,1,6-8,11,14H2,2-4H3/b15-12-. The summed E-state index contributed by atoms with van der Waals surface area (Å²) in [5.74, 6) is 0.792. The Bertz CT molecular complexity index is 719. The lowest BCUT2D eigenvalue weighted by Gasteiger charge is -2.23. The average molecular weight is 373 g/mol. The molecule has 6 heteroatoms. The molecule has 0 radical (unpaired) electrons. The molecule has 1 aliphatic rings. The van der Waals surface area contributed by atoms with Gasteiger partial charge in [0.15, 0.2) is 29.4 Å². The number of ether oxygens (including phenoxy) is 3. The molecule has 1 unspecified atom stereocenters. The van der Waals surface area contributed by atoms with Crippen LogP contribution in [0.5, 0.6) is 11.5 Å². The second-order valence-corrected chi connectivity index (χ2v) is 6.26. The zero-order valence-corrected chi connectivity index (χ0v) is 16.2. The van der Waals surface area contributed by atoms with E-state index in [4.69, 9.17) is 14.2 Å². The van der Waals surface area contributed by atoms with Crippen molar-refractivity contribution in [2.45, 2.75) is 33.0 Å². The Morgan fingerprint density at radius 1 is 1.37 bits per heavy atom. The van der Waals surface area contributed by atoms with Crippen molar-refractivity contribution in [2.75, 3.05) is 26.8 Å². The molecule has 1 heterocycles. The van der Waals surface area contributed by atoms with Gasteiger partial charge < -0.3 is 19.1 Å². The number of ketones is 2. The lowest BCUT2D eigenvalue weighted by atomic mass is 10.1. The number of Topliss-reactive ketones (excluding diaryl/α,β-unsaturated/α-hetero) is 1. The number of rotatable bonds is 10. The fourth-order valence-electron chi connectivity index (χ4n) is 2.83. The van der Waals surface area contributed by atoms with Gasteiger partial charge >= 0.3 is 0 Å². The highest BCUT2D eigenvalue weighted by Crippen LogP contribution is 2.31. The van der Waals surface area contributed by atoms with Crippen molar-refractivity contribution in [2.24, 2.45) is 0 Å². The Kier molecular flexibility index (Phi) is 7.61. The number of hydrogen-bond acceptors (Lipinski definition) is 6. The first-order chi connectivity index (χ1) is 13.0. The van der Waals surface area contributed by atoms with Crippen LogP contribution in [-0.4, -0.2) is 49.6 Å². The van der Waals surface area contributed by atoms with E-state index in [9.17, 15) is 9.59 Å². The van der Waals surface area contributed by atoms with E-state index in [-0.39, 0.29) is 24.4 Å². The van der Waals surface area contributed by atoms with Crippen LogP contribution in [0.3, 0.4) is 0 Å². The Morgan fingerprint density at radius 3 is 2.74 bits per heavy atom. The molecule has 1 aromatic carbocycles. The molecular formula is C21H27NO5. The van der Waals surface area contributed by atoms with E-state index in [1.807, 2.05) is 11.8 Å². The lowest BCUT2D eigenvalue weighted by molar-refractivity contribution is -0.110. The number of hydrogen-bond donors (Lipinski definition) is 0. The minimum Gasteiger partial charge on any atom is -0.493 e. The predicted molar refractivity (Wildman–Crippen MR) is 103 cm³/mol. The van der Waals surface area contributed by atoms with Gasteiger partial charge in [0, 0.05) is 30.3 Å². The number of carbonyl (C=O) groups is 2. The number of carbonyl (C=O) groups excluding carboxylic acids is 2. The average Bonchev–Trinajstić information content (AvgIpc) is 3.18. The molecule has 1 atom stereocenters. The Hall–Kier alpha value is -2.60. The van der Waals surface area contributed by atoms with Gasteiger partial charge in [-0.2, -0.15) is 0 Å². The van der Waals surface area contributed by atoms with Crippen molar-refractivity contribution in [1.29, 1.82) is 0 Å². The van der Waals surface area contributed by atoms with Gasteiger partial charge in [-0.3, -0.25) is 9.59 Å². The molecule has 1 saturated heterocycles. The van der Waals surface area contributed by atoms with Crippen LogP contribution in [0.2, 0.25) is 0 Å². The summed E-state index contributed by atoms with van der Waals surface area (Å²) >= 11 is 0. The van der Waals surface area contributed by atoms with Crippen LogP contribution in [0.25, 0.3) is 0 Å². The molecule has 6 nitrogen and oxygen atoms in total. The molecule has 27 heavy (non-hydrogen) atoms. The monoisotopic (exact) mass is 373 g/mol. The van der Waals surface area contributed by atoms with Gasteiger partial charge in [0.1, 0.15) is 0 Å². The second kappa shape index (κ2) is 9.92. The maximum absolute atomic E-state index is 12.8. The van der Waals surface area contributed by atoms with Gasteiger partial charge in [0.2, 0.25) is 0 Å². The van der Waals surface area contributed by atoms with Crippen molar-refractivity contribution >= 4 is 11.6 Å². The Labute approximate surface area is 160 Å². The van der Waals surface area contributed by atoms with Crippen LogP contribution in [0.4, 0.5) is 0 Å². The van der Waals surface area contributed by atoms with Gasteiger partial charge in [-0.1, -0.05) is 6.58 Å². The fraction of sp³-hybridized carbons (Fsp3) is 0.429. The third-order valence-corrected chi connectivity index (χ3v) is 4.40. The Morgan fingerprint density at radius 2 is 2.15 bits per heavy atom. The maximum Gasteiger partial charge on any atom is 0.200 e. The van der Waals surface area contributed by atoms with Crippen molar-refractivity contribution in [3.8, 4) is 11.5 Å². The van der Waals surface area contributed by atoms with E-state index < -0.39 is 0 Å². The zero-order chi connectivity index (χ0) is 19.8. The normalized spacial score (nSPS) is 16.7. The molecule has 1 fully saturated rings. The van der Waals surface area contributed by atoms with Crippen LogP contribution in [0.1, 0.15) is 37.0 Å². The number of allylic oxidation sites excluding steroid dienone is 3. The molecule has 0 spiro atoms. The molecule has 0 aliphatic carbocycles. The van der Waals surface area contributed by atoms with Crippen molar-refractivity contribution < 1.29 is 23.8 Å². The van der Waals surface area contributed by atoms with Crippen molar-refractivity contribution in [3.05, 3.63) is 48.2 Å². The second-order valence-electron chi connectivity index (χ2n) is 6.26. The third-order valence-electron chi connectivity index (χ3n) is 4.40. The van der Waals surface area contributed by atoms with Gasteiger partial charge in [0.25, 0.3) is 0 Å². The molecule has 2 rings (SSSR count). The quantitative estimate of drug-likeness (QED) is 0.463. The number of benzene rings is 1. The Balaban J connectivity index is 2.15. The maximum atomic E-state index is 12.8. The van der Waals surface area contributed by atoms with Crippen LogP contribution in [0, 0.1) is 0 Å². The van der Waals surface area contributed by atoms with E-state index in [0.29, 0.717) is 30.2 Å². The number of nitrogens with zero attached hydrogens (tertiary/aromatic N) is 1.